The number of ether oxygens (including phenoxy) is 2. The number of aliphatic hydroxyl groups is 2. The Balaban J connectivity index is 3.67. The number of rotatable bonds is 29. The van der Waals surface area contributed by atoms with E-state index >= 15 is 0 Å². The first-order valence-electron chi connectivity index (χ1n) is 16.7. The van der Waals surface area contributed by atoms with Crippen molar-refractivity contribution < 1.29 is 29.3 Å². The zero-order valence-electron chi connectivity index (χ0n) is 26.4. The molecule has 0 saturated heterocycles. The topological polar surface area (TPSA) is 93.1 Å². The maximum absolute atomic E-state index is 12.1. The van der Waals surface area contributed by atoms with Crippen LogP contribution in [0.5, 0.6) is 0 Å². The second kappa shape index (κ2) is 31.0. The van der Waals surface area contributed by atoms with E-state index in [1.54, 1.807) is 0 Å². The summed E-state index contributed by atoms with van der Waals surface area (Å²) in [7, 11) is 0. The summed E-state index contributed by atoms with van der Waals surface area (Å²) in [6, 6.07) is 0. The van der Waals surface area contributed by atoms with E-state index in [0.717, 1.165) is 64.2 Å². The Hall–Kier alpha value is -1.92. The first-order valence-corrected chi connectivity index (χ1v) is 16.7. The maximum Gasteiger partial charge on any atom is 0.306 e. The maximum atomic E-state index is 12.1. The standard InChI is InChI=1S/C35H62O6/c1-3-5-7-8-9-10-11-14-18-21-25-29-35(39)41-33(30-36)31-40-34(38)28-24-20-17-15-12-13-16-19-23-27-32(37)26-22-6-4-2/h6,16,19,22-23,27,32-33,36-37H,3-5,7-15,17-18,20-21,24-26,28-31H2,1-2H3/b19-16+,22-6+,27-23+/t32?,33-/m0/s1. The summed E-state index contributed by atoms with van der Waals surface area (Å²) in [5.74, 6) is -0.647. The molecule has 0 aliphatic rings. The number of aliphatic hydroxyl groups excluding tert-OH is 2. The van der Waals surface area contributed by atoms with Crippen molar-refractivity contribution in [3.63, 3.8) is 0 Å². The summed E-state index contributed by atoms with van der Waals surface area (Å²) in [6.07, 6.45) is 32.4. The minimum absolute atomic E-state index is 0.0907. The van der Waals surface area contributed by atoms with Gasteiger partial charge in [-0.2, -0.15) is 0 Å². The van der Waals surface area contributed by atoms with Gasteiger partial charge in [0.05, 0.1) is 12.7 Å². The second-order valence-electron chi connectivity index (χ2n) is 11.1. The fourth-order valence-corrected chi connectivity index (χ4v) is 4.47. The van der Waals surface area contributed by atoms with Crippen LogP contribution in [0.3, 0.4) is 0 Å². The van der Waals surface area contributed by atoms with Crippen molar-refractivity contribution in [3.8, 4) is 0 Å². The number of hydrogen-bond acceptors (Lipinski definition) is 6. The van der Waals surface area contributed by atoms with E-state index in [4.69, 9.17) is 9.47 Å². The number of esters is 2. The summed E-state index contributed by atoms with van der Waals surface area (Å²) in [5.41, 5.74) is 0. The summed E-state index contributed by atoms with van der Waals surface area (Å²) in [4.78, 5) is 24.1. The van der Waals surface area contributed by atoms with Crippen LogP contribution in [0.25, 0.3) is 0 Å². The molecule has 0 aliphatic carbocycles. The summed E-state index contributed by atoms with van der Waals surface area (Å²) in [5, 5.41) is 19.3. The zero-order chi connectivity index (χ0) is 30.2. The van der Waals surface area contributed by atoms with Crippen molar-refractivity contribution in [2.75, 3.05) is 13.2 Å². The highest BCUT2D eigenvalue weighted by atomic mass is 16.6. The molecule has 0 aromatic carbocycles. The first-order chi connectivity index (χ1) is 20.0. The van der Waals surface area contributed by atoms with Gasteiger partial charge in [0, 0.05) is 12.8 Å². The summed E-state index contributed by atoms with van der Waals surface area (Å²) >= 11 is 0. The Morgan fingerprint density at radius 2 is 1.24 bits per heavy atom. The van der Waals surface area contributed by atoms with E-state index in [-0.39, 0.29) is 25.2 Å². The highest BCUT2D eigenvalue weighted by Gasteiger charge is 2.16. The number of allylic oxidation sites excluding steroid dienone is 4. The Bertz CT molecular complexity index is 684. The highest BCUT2D eigenvalue weighted by Crippen LogP contribution is 2.13. The Labute approximate surface area is 251 Å². The molecule has 2 N–H and O–H groups in total. The van der Waals surface area contributed by atoms with Gasteiger partial charge in [0.2, 0.25) is 0 Å². The van der Waals surface area contributed by atoms with Gasteiger partial charge in [-0.25, -0.2) is 0 Å². The molecule has 2 atom stereocenters. The molecule has 6 nitrogen and oxygen atoms in total. The summed E-state index contributed by atoms with van der Waals surface area (Å²) in [6.45, 7) is 3.88. The summed E-state index contributed by atoms with van der Waals surface area (Å²) < 4.78 is 10.5. The Morgan fingerprint density at radius 1 is 0.683 bits per heavy atom. The molecule has 0 spiro atoms. The minimum atomic E-state index is -0.789. The third-order valence-electron chi connectivity index (χ3n) is 7.03. The lowest BCUT2D eigenvalue weighted by molar-refractivity contribution is -0.161. The van der Waals surface area contributed by atoms with Gasteiger partial charge in [-0.1, -0.05) is 134 Å². The molecule has 0 heterocycles. The van der Waals surface area contributed by atoms with Crippen LogP contribution in [-0.4, -0.2) is 47.6 Å². The molecule has 0 aromatic rings. The van der Waals surface area contributed by atoms with E-state index in [9.17, 15) is 19.8 Å². The van der Waals surface area contributed by atoms with E-state index in [0.29, 0.717) is 19.3 Å². The molecule has 0 radical (unpaired) electrons. The van der Waals surface area contributed by atoms with Crippen LogP contribution in [0.15, 0.2) is 36.5 Å². The molecule has 0 fully saturated rings. The van der Waals surface area contributed by atoms with Gasteiger partial charge < -0.3 is 19.7 Å². The first kappa shape index (κ1) is 39.1. The van der Waals surface area contributed by atoms with Crippen molar-refractivity contribution in [2.45, 2.75) is 161 Å². The smallest absolute Gasteiger partial charge is 0.306 e. The largest absolute Gasteiger partial charge is 0.462 e. The quantitative estimate of drug-likeness (QED) is 0.0399. The minimum Gasteiger partial charge on any atom is -0.462 e. The predicted molar refractivity (Wildman–Crippen MR) is 170 cm³/mol. The van der Waals surface area contributed by atoms with Crippen molar-refractivity contribution in [3.05, 3.63) is 36.5 Å². The van der Waals surface area contributed by atoms with Gasteiger partial charge in [-0.05, 0) is 38.5 Å². The van der Waals surface area contributed by atoms with Crippen molar-refractivity contribution in [2.24, 2.45) is 0 Å². The highest BCUT2D eigenvalue weighted by molar-refractivity contribution is 5.70. The fourth-order valence-electron chi connectivity index (χ4n) is 4.47. The number of carbonyl (C=O) groups excluding carboxylic acids is 2. The third-order valence-corrected chi connectivity index (χ3v) is 7.03. The van der Waals surface area contributed by atoms with Crippen LogP contribution in [0, 0.1) is 0 Å². The molecule has 1 unspecified atom stereocenters. The van der Waals surface area contributed by atoms with Crippen molar-refractivity contribution in [1.29, 1.82) is 0 Å². The number of unbranched alkanes of at least 4 members (excludes halogenated alkanes) is 15. The van der Waals surface area contributed by atoms with Gasteiger partial charge >= 0.3 is 11.9 Å². The molecule has 0 bridgehead atoms. The number of carbonyl (C=O) groups is 2. The van der Waals surface area contributed by atoms with Gasteiger partial charge in [-0.15, -0.1) is 0 Å². The molecule has 0 saturated carbocycles. The molecular formula is C35H62O6. The zero-order valence-corrected chi connectivity index (χ0v) is 26.4. The molecular weight excluding hydrogens is 516 g/mol. The molecule has 238 valence electrons. The van der Waals surface area contributed by atoms with Crippen molar-refractivity contribution >= 4 is 11.9 Å². The molecule has 0 amide bonds. The average Bonchev–Trinajstić information content (AvgIpc) is 2.96. The monoisotopic (exact) mass is 578 g/mol. The predicted octanol–water partition coefficient (Wildman–Crippen LogP) is 8.70. The lowest BCUT2D eigenvalue weighted by Gasteiger charge is -2.15. The second-order valence-corrected chi connectivity index (χ2v) is 11.1. The van der Waals surface area contributed by atoms with Gasteiger partial charge in [0.25, 0.3) is 0 Å². The van der Waals surface area contributed by atoms with Gasteiger partial charge in [-0.3, -0.25) is 9.59 Å². The lowest BCUT2D eigenvalue weighted by Crippen LogP contribution is -2.28. The fraction of sp³-hybridized carbons (Fsp3) is 0.771. The normalized spacial score (nSPS) is 13.4. The van der Waals surface area contributed by atoms with Crippen LogP contribution < -0.4 is 0 Å². The van der Waals surface area contributed by atoms with Crippen LogP contribution >= 0.6 is 0 Å². The SMILES string of the molecule is CC/C=C/CC(O)/C=C/C=C/CCCCCCCC(=O)OC[C@H](CO)OC(=O)CCCCCCCCCCCCC. The number of hydrogen-bond donors (Lipinski definition) is 2. The Morgan fingerprint density at radius 3 is 1.83 bits per heavy atom. The third kappa shape index (κ3) is 29.4. The molecule has 0 aromatic heterocycles. The van der Waals surface area contributed by atoms with Gasteiger partial charge in [0.15, 0.2) is 6.10 Å². The van der Waals surface area contributed by atoms with Gasteiger partial charge in [0.1, 0.15) is 6.61 Å². The van der Waals surface area contributed by atoms with Crippen LogP contribution in [0.4, 0.5) is 0 Å². The molecule has 0 rings (SSSR count). The average molecular weight is 579 g/mol. The lowest BCUT2D eigenvalue weighted by atomic mass is 10.1. The van der Waals surface area contributed by atoms with Crippen LogP contribution in [0.1, 0.15) is 149 Å². The van der Waals surface area contributed by atoms with E-state index < -0.39 is 12.2 Å². The van der Waals surface area contributed by atoms with E-state index in [1.165, 1.54) is 51.4 Å². The molecule has 6 heteroatoms. The molecule has 0 aliphatic heterocycles. The van der Waals surface area contributed by atoms with E-state index in [2.05, 4.69) is 26.0 Å². The van der Waals surface area contributed by atoms with E-state index in [1.807, 2.05) is 24.3 Å². The van der Waals surface area contributed by atoms with Crippen LogP contribution in [-0.2, 0) is 19.1 Å². The Kier molecular flexibility index (Phi) is 29.6. The van der Waals surface area contributed by atoms with Crippen LogP contribution in [0.2, 0.25) is 0 Å². The van der Waals surface area contributed by atoms with Crippen molar-refractivity contribution in [1.82, 2.24) is 0 Å². The molecule has 41 heavy (non-hydrogen) atoms.